The van der Waals surface area contributed by atoms with Gasteiger partial charge in [-0.25, -0.2) is 4.98 Å². The lowest BCUT2D eigenvalue weighted by molar-refractivity contribution is -0.136. The number of thiazole rings is 1. The fraction of sp³-hybridized carbons (Fsp3) is 0.348. The Morgan fingerprint density at radius 1 is 1.10 bits per heavy atom. The molecule has 2 aliphatic rings. The summed E-state index contributed by atoms with van der Waals surface area (Å²) in [7, 11) is 0. The number of fused-ring (bicyclic) bond motifs is 1. The van der Waals surface area contributed by atoms with Crippen LogP contribution in [0.4, 0.5) is 0 Å². The maximum absolute atomic E-state index is 13.3. The quantitative estimate of drug-likeness (QED) is 0.659. The summed E-state index contributed by atoms with van der Waals surface area (Å²) in [5.74, 6) is -0.0696. The molecule has 5 rings (SSSR count). The molecule has 2 aliphatic heterocycles. The molecule has 2 saturated heterocycles. The number of benzene rings is 2. The molecule has 148 valence electrons. The molecule has 2 aromatic carbocycles. The van der Waals surface area contributed by atoms with Crippen molar-refractivity contribution in [2.24, 2.45) is 5.92 Å². The number of nitrogens with zero attached hydrogens (tertiary/aromatic N) is 3. The third kappa shape index (κ3) is 3.53. The van der Waals surface area contributed by atoms with Crippen molar-refractivity contribution in [3.63, 3.8) is 0 Å². The topological polar surface area (TPSA) is 53.5 Å². The summed E-state index contributed by atoms with van der Waals surface area (Å²) in [6, 6.07) is 18.1. The van der Waals surface area contributed by atoms with Crippen molar-refractivity contribution in [1.82, 2.24) is 14.8 Å². The van der Waals surface area contributed by atoms with Crippen LogP contribution in [0.5, 0.6) is 0 Å². The molecule has 2 amide bonds. The van der Waals surface area contributed by atoms with Crippen LogP contribution in [0.3, 0.4) is 0 Å². The average molecular weight is 406 g/mol. The minimum Gasteiger partial charge on any atom is -0.338 e. The van der Waals surface area contributed by atoms with Gasteiger partial charge in [-0.1, -0.05) is 42.5 Å². The lowest BCUT2D eigenvalue weighted by Crippen LogP contribution is -2.37. The van der Waals surface area contributed by atoms with Gasteiger partial charge in [0.15, 0.2) is 0 Å². The standard InChI is InChI=1S/C23H23N3O2S/c27-21-13-17(15-25(21)14-16-7-2-1-3-8-16)23(28)26-12-6-10-19(26)22-24-18-9-4-5-11-20(18)29-22/h1-5,7-9,11,17,19H,6,10,12-15H2. The summed E-state index contributed by atoms with van der Waals surface area (Å²) in [6.07, 6.45) is 2.25. The SMILES string of the molecule is O=C1CC(C(=O)N2CCCC2c2nc3ccccc3s2)CN1Cc1ccccc1. The first kappa shape index (κ1) is 18.3. The predicted molar refractivity (Wildman–Crippen MR) is 113 cm³/mol. The van der Waals surface area contributed by atoms with Gasteiger partial charge in [0.1, 0.15) is 5.01 Å². The van der Waals surface area contributed by atoms with Gasteiger partial charge in [0.05, 0.1) is 22.2 Å². The monoisotopic (exact) mass is 405 g/mol. The van der Waals surface area contributed by atoms with E-state index in [-0.39, 0.29) is 23.8 Å². The van der Waals surface area contributed by atoms with Gasteiger partial charge in [0.2, 0.25) is 11.8 Å². The summed E-state index contributed by atoms with van der Waals surface area (Å²) in [5.41, 5.74) is 2.10. The highest BCUT2D eigenvalue weighted by molar-refractivity contribution is 7.18. The third-order valence-electron chi connectivity index (χ3n) is 5.91. The fourth-order valence-corrected chi connectivity index (χ4v) is 5.56. The van der Waals surface area contributed by atoms with E-state index >= 15 is 0 Å². The highest BCUT2D eigenvalue weighted by Gasteiger charge is 2.40. The van der Waals surface area contributed by atoms with Crippen LogP contribution in [0.2, 0.25) is 0 Å². The smallest absolute Gasteiger partial charge is 0.228 e. The van der Waals surface area contributed by atoms with Crippen LogP contribution in [0.1, 0.15) is 35.9 Å². The highest BCUT2D eigenvalue weighted by Crippen LogP contribution is 2.38. The molecule has 0 radical (unpaired) electrons. The summed E-state index contributed by atoms with van der Waals surface area (Å²) < 4.78 is 1.16. The van der Waals surface area contributed by atoms with Crippen LogP contribution in [0.25, 0.3) is 10.2 Å². The molecule has 6 heteroatoms. The van der Waals surface area contributed by atoms with Crippen LogP contribution >= 0.6 is 11.3 Å². The van der Waals surface area contributed by atoms with Crippen LogP contribution < -0.4 is 0 Å². The number of rotatable bonds is 4. The molecule has 0 aliphatic carbocycles. The van der Waals surface area contributed by atoms with Crippen LogP contribution in [-0.2, 0) is 16.1 Å². The first-order valence-corrected chi connectivity index (χ1v) is 11.0. The van der Waals surface area contributed by atoms with Gasteiger partial charge in [0, 0.05) is 26.1 Å². The molecule has 3 heterocycles. The van der Waals surface area contributed by atoms with E-state index < -0.39 is 0 Å². The van der Waals surface area contributed by atoms with Gasteiger partial charge in [-0.15, -0.1) is 11.3 Å². The molecule has 5 nitrogen and oxygen atoms in total. The van der Waals surface area contributed by atoms with Gasteiger partial charge in [-0.05, 0) is 30.5 Å². The zero-order chi connectivity index (χ0) is 19.8. The average Bonchev–Trinajstić information content (AvgIpc) is 3.46. The van der Waals surface area contributed by atoms with E-state index in [1.165, 1.54) is 0 Å². The maximum atomic E-state index is 13.3. The molecule has 0 saturated carbocycles. The normalized spacial score (nSPS) is 22.0. The van der Waals surface area contributed by atoms with Crippen molar-refractivity contribution >= 4 is 33.4 Å². The Bertz CT molecular complexity index is 1020. The summed E-state index contributed by atoms with van der Waals surface area (Å²) in [4.78, 5) is 34.4. The Balaban J connectivity index is 1.31. The van der Waals surface area contributed by atoms with Gasteiger partial charge in [0.25, 0.3) is 0 Å². The third-order valence-corrected chi connectivity index (χ3v) is 7.05. The molecule has 0 N–H and O–H groups in total. The number of para-hydroxylation sites is 1. The Labute approximate surface area is 174 Å². The lowest BCUT2D eigenvalue weighted by atomic mass is 10.1. The van der Waals surface area contributed by atoms with Crippen molar-refractivity contribution in [1.29, 1.82) is 0 Å². The maximum Gasteiger partial charge on any atom is 0.228 e. The first-order valence-electron chi connectivity index (χ1n) is 10.2. The van der Waals surface area contributed by atoms with Crippen LogP contribution in [0.15, 0.2) is 54.6 Å². The number of likely N-dealkylation sites (tertiary alicyclic amines) is 2. The largest absolute Gasteiger partial charge is 0.338 e. The van der Waals surface area contributed by atoms with E-state index in [4.69, 9.17) is 4.98 Å². The number of aromatic nitrogens is 1. The lowest BCUT2D eigenvalue weighted by Gasteiger charge is -2.26. The van der Waals surface area contributed by atoms with E-state index in [0.29, 0.717) is 19.5 Å². The van der Waals surface area contributed by atoms with Crippen molar-refractivity contribution in [3.8, 4) is 0 Å². The second kappa shape index (κ2) is 7.59. The second-order valence-corrected chi connectivity index (χ2v) is 8.93. The Morgan fingerprint density at radius 2 is 1.90 bits per heavy atom. The van der Waals surface area contributed by atoms with Gasteiger partial charge in [-0.2, -0.15) is 0 Å². The van der Waals surface area contributed by atoms with Crippen LogP contribution in [-0.4, -0.2) is 39.7 Å². The molecule has 2 atom stereocenters. The minimum absolute atomic E-state index is 0.0400. The van der Waals surface area contributed by atoms with Crippen molar-refractivity contribution in [2.45, 2.75) is 31.8 Å². The molecule has 1 aromatic heterocycles. The molecule has 2 unspecified atom stereocenters. The number of amides is 2. The summed E-state index contributed by atoms with van der Waals surface area (Å²) in [6.45, 7) is 1.84. The fourth-order valence-electron chi connectivity index (χ4n) is 4.45. The zero-order valence-corrected chi connectivity index (χ0v) is 17.0. The highest BCUT2D eigenvalue weighted by atomic mass is 32.1. The number of carbonyl (C=O) groups is 2. The van der Waals surface area contributed by atoms with Crippen molar-refractivity contribution in [3.05, 3.63) is 65.2 Å². The van der Waals surface area contributed by atoms with Gasteiger partial charge >= 0.3 is 0 Å². The molecular formula is C23H23N3O2S. The predicted octanol–water partition coefficient (Wildman–Crippen LogP) is 4.01. The molecule has 29 heavy (non-hydrogen) atoms. The van der Waals surface area contributed by atoms with E-state index in [2.05, 4.69) is 6.07 Å². The molecule has 0 bridgehead atoms. The van der Waals surface area contributed by atoms with E-state index in [1.807, 2.05) is 58.3 Å². The Morgan fingerprint density at radius 3 is 2.72 bits per heavy atom. The number of hydrogen-bond acceptors (Lipinski definition) is 4. The van der Waals surface area contributed by atoms with Gasteiger partial charge in [-0.3, -0.25) is 9.59 Å². The van der Waals surface area contributed by atoms with Crippen molar-refractivity contribution < 1.29 is 9.59 Å². The number of carbonyl (C=O) groups excluding carboxylic acids is 2. The van der Waals surface area contributed by atoms with Crippen molar-refractivity contribution in [2.75, 3.05) is 13.1 Å². The molecule has 3 aromatic rings. The van der Waals surface area contributed by atoms with E-state index in [9.17, 15) is 9.59 Å². The van der Waals surface area contributed by atoms with Crippen LogP contribution in [0, 0.1) is 5.92 Å². The molecule has 2 fully saturated rings. The first-order chi connectivity index (χ1) is 14.2. The molecule has 0 spiro atoms. The van der Waals surface area contributed by atoms with E-state index in [0.717, 1.165) is 40.2 Å². The summed E-state index contributed by atoms with van der Waals surface area (Å²) in [5, 5.41) is 1.02. The van der Waals surface area contributed by atoms with E-state index in [1.54, 1.807) is 11.3 Å². The molecular weight excluding hydrogens is 382 g/mol. The Hall–Kier alpha value is -2.73. The summed E-state index contributed by atoms with van der Waals surface area (Å²) >= 11 is 1.68. The zero-order valence-electron chi connectivity index (χ0n) is 16.2. The second-order valence-electron chi connectivity index (χ2n) is 7.87. The minimum atomic E-state index is -0.249. The number of hydrogen-bond donors (Lipinski definition) is 0. The van der Waals surface area contributed by atoms with Gasteiger partial charge < -0.3 is 9.80 Å². The Kier molecular flexibility index (Phi) is 4.79.